The largest absolute Gasteiger partial charge is 0.497 e. The standard InChI is InChI=1S/C23H36N2O4/c1-4-5-6-7-13-24-22(26)20-11-9-14-25(16-20)23(27)18(2)29-17-19-10-8-12-21(15-19)28-3/h8,10,12,15,18,20H,4-7,9,11,13-14,16-17H2,1-3H3,(H,24,26). The Morgan fingerprint density at radius 2 is 2.10 bits per heavy atom. The molecule has 6 heteroatoms. The summed E-state index contributed by atoms with van der Waals surface area (Å²) in [4.78, 5) is 27.0. The fraction of sp³-hybridized carbons (Fsp3) is 0.652. The normalized spacial score (nSPS) is 17.6. The van der Waals surface area contributed by atoms with Crippen LogP contribution in [0.1, 0.15) is 57.9 Å². The third-order valence-electron chi connectivity index (χ3n) is 5.42. The molecule has 2 rings (SSSR count). The van der Waals surface area contributed by atoms with Crippen molar-refractivity contribution in [2.45, 2.75) is 65.1 Å². The zero-order chi connectivity index (χ0) is 21.1. The van der Waals surface area contributed by atoms with E-state index in [9.17, 15) is 9.59 Å². The Hall–Kier alpha value is -2.08. The van der Waals surface area contributed by atoms with Gasteiger partial charge in [-0.2, -0.15) is 0 Å². The summed E-state index contributed by atoms with van der Waals surface area (Å²) >= 11 is 0. The first-order valence-corrected chi connectivity index (χ1v) is 10.9. The Labute approximate surface area is 174 Å². The predicted molar refractivity (Wildman–Crippen MR) is 114 cm³/mol. The minimum absolute atomic E-state index is 0.0478. The molecule has 2 amide bonds. The summed E-state index contributed by atoms with van der Waals surface area (Å²) in [5.74, 6) is 0.673. The number of rotatable bonds is 11. The number of benzene rings is 1. The molecule has 0 saturated carbocycles. The molecule has 1 N–H and O–H groups in total. The van der Waals surface area contributed by atoms with Crippen LogP contribution in [0, 0.1) is 5.92 Å². The molecule has 6 nitrogen and oxygen atoms in total. The number of hydrogen-bond donors (Lipinski definition) is 1. The van der Waals surface area contributed by atoms with Gasteiger partial charge < -0.3 is 19.7 Å². The molecular weight excluding hydrogens is 368 g/mol. The highest BCUT2D eigenvalue weighted by molar-refractivity contribution is 5.83. The molecule has 1 aromatic rings. The lowest BCUT2D eigenvalue weighted by molar-refractivity contribution is -0.146. The highest BCUT2D eigenvalue weighted by Gasteiger charge is 2.30. The molecule has 0 bridgehead atoms. The Balaban J connectivity index is 1.77. The van der Waals surface area contributed by atoms with Crippen LogP contribution in [0.3, 0.4) is 0 Å². The number of nitrogens with zero attached hydrogens (tertiary/aromatic N) is 1. The number of carbonyl (C=O) groups excluding carboxylic acids is 2. The number of amides is 2. The maximum atomic E-state index is 12.8. The minimum atomic E-state index is -0.544. The molecule has 1 aliphatic rings. The van der Waals surface area contributed by atoms with E-state index >= 15 is 0 Å². The van der Waals surface area contributed by atoms with Gasteiger partial charge in [-0.05, 0) is 43.9 Å². The van der Waals surface area contributed by atoms with Crippen molar-refractivity contribution in [3.63, 3.8) is 0 Å². The summed E-state index contributed by atoms with van der Waals surface area (Å²) in [6, 6.07) is 7.63. The number of nitrogens with one attached hydrogen (secondary N) is 1. The van der Waals surface area contributed by atoms with Gasteiger partial charge in [-0.1, -0.05) is 38.3 Å². The van der Waals surface area contributed by atoms with E-state index in [1.165, 1.54) is 12.8 Å². The summed E-state index contributed by atoms with van der Waals surface area (Å²) in [7, 11) is 1.63. The van der Waals surface area contributed by atoms with Crippen molar-refractivity contribution in [1.29, 1.82) is 0 Å². The first-order chi connectivity index (χ1) is 14.0. The summed E-state index contributed by atoms with van der Waals surface area (Å²) in [5.41, 5.74) is 0.961. The van der Waals surface area contributed by atoms with Gasteiger partial charge in [0.05, 0.1) is 19.6 Å². The third-order valence-corrected chi connectivity index (χ3v) is 5.42. The molecule has 162 valence electrons. The Kier molecular flexibility index (Phi) is 9.98. The van der Waals surface area contributed by atoms with Gasteiger partial charge in [-0.3, -0.25) is 9.59 Å². The Bertz CT molecular complexity index is 650. The van der Waals surface area contributed by atoms with Gasteiger partial charge in [0.1, 0.15) is 11.9 Å². The van der Waals surface area contributed by atoms with Crippen molar-refractivity contribution in [3.05, 3.63) is 29.8 Å². The topological polar surface area (TPSA) is 67.9 Å². The van der Waals surface area contributed by atoms with Crippen molar-refractivity contribution in [2.75, 3.05) is 26.7 Å². The van der Waals surface area contributed by atoms with Crippen LogP contribution in [0.5, 0.6) is 5.75 Å². The third kappa shape index (κ3) is 7.69. The summed E-state index contributed by atoms with van der Waals surface area (Å²) in [6.07, 6.45) is 5.70. The fourth-order valence-electron chi connectivity index (χ4n) is 3.61. The molecule has 2 unspecified atom stereocenters. The number of carbonyl (C=O) groups is 2. The Morgan fingerprint density at radius 1 is 1.28 bits per heavy atom. The molecule has 1 fully saturated rings. The highest BCUT2D eigenvalue weighted by atomic mass is 16.5. The predicted octanol–water partition coefficient (Wildman–Crippen LogP) is 3.54. The van der Waals surface area contributed by atoms with Crippen LogP contribution in [0.4, 0.5) is 0 Å². The van der Waals surface area contributed by atoms with E-state index in [0.717, 1.165) is 43.5 Å². The van der Waals surface area contributed by atoms with Gasteiger partial charge in [0.2, 0.25) is 5.91 Å². The van der Waals surface area contributed by atoms with Crippen LogP contribution >= 0.6 is 0 Å². The van der Waals surface area contributed by atoms with E-state index in [1.54, 1.807) is 18.9 Å². The lowest BCUT2D eigenvalue weighted by atomic mass is 9.96. The molecule has 0 aliphatic carbocycles. The van der Waals surface area contributed by atoms with Crippen molar-refractivity contribution >= 4 is 11.8 Å². The second kappa shape index (κ2) is 12.5. The van der Waals surface area contributed by atoms with Crippen LogP contribution in [0.25, 0.3) is 0 Å². The molecule has 2 atom stereocenters. The maximum absolute atomic E-state index is 12.8. The molecule has 1 aromatic carbocycles. The molecule has 0 spiro atoms. The SMILES string of the molecule is CCCCCCNC(=O)C1CCCN(C(=O)C(C)OCc2cccc(OC)c2)C1. The van der Waals surface area contributed by atoms with E-state index in [4.69, 9.17) is 9.47 Å². The zero-order valence-electron chi connectivity index (χ0n) is 18.1. The second-order valence-corrected chi connectivity index (χ2v) is 7.78. The van der Waals surface area contributed by atoms with Gasteiger partial charge in [0.25, 0.3) is 5.91 Å². The number of likely N-dealkylation sites (tertiary alicyclic amines) is 1. The molecule has 29 heavy (non-hydrogen) atoms. The van der Waals surface area contributed by atoms with E-state index in [-0.39, 0.29) is 17.7 Å². The number of piperidine rings is 1. The Morgan fingerprint density at radius 3 is 2.86 bits per heavy atom. The number of unbranched alkanes of at least 4 members (excludes halogenated alkanes) is 3. The van der Waals surface area contributed by atoms with Crippen molar-refractivity contribution in [1.82, 2.24) is 10.2 Å². The molecule has 1 heterocycles. The monoisotopic (exact) mass is 404 g/mol. The number of hydrogen-bond acceptors (Lipinski definition) is 4. The lowest BCUT2D eigenvalue weighted by Crippen LogP contribution is -2.48. The summed E-state index contributed by atoms with van der Waals surface area (Å²) in [5, 5.41) is 3.04. The highest BCUT2D eigenvalue weighted by Crippen LogP contribution is 2.19. The zero-order valence-corrected chi connectivity index (χ0v) is 18.1. The van der Waals surface area contributed by atoms with Gasteiger partial charge in [0, 0.05) is 19.6 Å². The van der Waals surface area contributed by atoms with Gasteiger partial charge >= 0.3 is 0 Å². The molecular formula is C23H36N2O4. The number of methoxy groups -OCH3 is 1. The van der Waals surface area contributed by atoms with Crippen LogP contribution < -0.4 is 10.1 Å². The van der Waals surface area contributed by atoms with Gasteiger partial charge in [-0.15, -0.1) is 0 Å². The van der Waals surface area contributed by atoms with Crippen LogP contribution in [-0.2, 0) is 20.9 Å². The first-order valence-electron chi connectivity index (χ1n) is 10.9. The smallest absolute Gasteiger partial charge is 0.251 e. The molecule has 0 radical (unpaired) electrons. The second-order valence-electron chi connectivity index (χ2n) is 7.78. The lowest BCUT2D eigenvalue weighted by Gasteiger charge is -2.33. The van der Waals surface area contributed by atoms with Crippen molar-refractivity contribution in [3.8, 4) is 5.75 Å². The summed E-state index contributed by atoms with van der Waals surface area (Å²) in [6.45, 7) is 6.19. The van der Waals surface area contributed by atoms with Crippen molar-refractivity contribution < 1.29 is 19.1 Å². The first kappa shape index (κ1) is 23.2. The molecule has 1 aliphatic heterocycles. The van der Waals surface area contributed by atoms with E-state index in [0.29, 0.717) is 19.7 Å². The average Bonchev–Trinajstić information content (AvgIpc) is 2.76. The van der Waals surface area contributed by atoms with Crippen LogP contribution in [-0.4, -0.2) is 49.6 Å². The van der Waals surface area contributed by atoms with E-state index < -0.39 is 6.10 Å². The molecule has 0 aromatic heterocycles. The maximum Gasteiger partial charge on any atom is 0.251 e. The molecule has 1 saturated heterocycles. The van der Waals surface area contributed by atoms with Gasteiger partial charge in [0.15, 0.2) is 0 Å². The fourth-order valence-corrected chi connectivity index (χ4v) is 3.61. The average molecular weight is 405 g/mol. The van der Waals surface area contributed by atoms with Crippen LogP contribution in [0.2, 0.25) is 0 Å². The quantitative estimate of drug-likeness (QED) is 0.573. The van der Waals surface area contributed by atoms with Crippen LogP contribution in [0.15, 0.2) is 24.3 Å². The minimum Gasteiger partial charge on any atom is -0.497 e. The van der Waals surface area contributed by atoms with E-state index in [1.807, 2.05) is 24.3 Å². The van der Waals surface area contributed by atoms with E-state index in [2.05, 4.69) is 12.2 Å². The number of ether oxygens (including phenoxy) is 2. The van der Waals surface area contributed by atoms with Crippen molar-refractivity contribution in [2.24, 2.45) is 5.92 Å². The van der Waals surface area contributed by atoms with Gasteiger partial charge in [-0.25, -0.2) is 0 Å². The summed E-state index contributed by atoms with van der Waals surface area (Å²) < 4.78 is 11.0.